The number of carbonyl (C=O) groups excluding carboxylic acids is 3. The molecule has 3 aliphatic rings. The Bertz CT molecular complexity index is 1760. The number of piperazine rings is 2. The van der Waals surface area contributed by atoms with E-state index in [0.29, 0.717) is 49.4 Å². The lowest BCUT2D eigenvalue weighted by atomic mass is 10.1. The zero-order valence-corrected chi connectivity index (χ0v) is 28.2. The van der Waals surface area contributed by atoms with Crippen LogP contribution in [0, 0.1) is 0 Å². The highest BCUT2D eigenvalue weighted by molar-refractivity contribution is 7.89. The molecule has 3 aromatic rings. The number of thiazole rings is 1. The van der Waals surface area contributed by atoms with Crippen LogP contribution in [0.15, 0.2) is 41.3 Å². The van der Waals surface area contributed by atoms with E-state index in [-0.39, 0.29) is 48.9 Å². The van der Waals surface area contributed by atoms with Crippen LogP contribution < -0.4 is 0 Å². The summed E-state index contributed by atoms with van der Waals surface area (Å²) in [5.74, 6) is -1.000. The Morgan fingerprint density at radius 3 is 2.50 bits per heavy atom. The van der Waals surface area contributed by atoms with E-state index in [9.17, 15) is 22.8 Å². The highest BCUT2D eigenvalue weighted by Crippen LogP contribution is 2.29. The van der Waals surface area contributed by atoms with E-state index in [0.717, 1.165) is 34.3 Å². The van der Waals surface area contributed by atoms with Gasteiger partial charge in [0.25, 0.3) is 5.91 Å². The summed E-state index contributed by atoms with van der Waals surface area (Å²) in [5, 5.41) is 2.42. The molecule has 2 amide bonds. The molecule has 0 bridgehead atoms. The second-order valence-corrected chi connectivity index (χ2v) is 15.3. The van der Waals surface area contributed by atoms with Gasteiger partial charge in [0.05, 0.1) is 23.7 Å². The molecule has 0 N–H and O–H groups in total. The van der Waals surface area contributed by atoms with Crippen LogP contribution in [0.1, 0.15) is 27.3 Å². The monoisotopic (exact) mass is 688 g/mol. The smallest absolute Gasteiger partial charge is 0.320 e. The number of hydrogen-bond acceptors (Lipinski definition) is 10. The molecule has 0 radical (unpaired) electrons. The SMILES string of the molecule is CCOC(=O)CN1CCN(C(=O)C2CN(S(=O)(=O)c3ccc4cc(Cl)ccc4c3)CCN2C(=O)c2nc3c(s2)CN(C)CC3)CC1. The maximum Gasteiger partial charge on any atom is 0.320 e. The number of benzene rings is 2. The molecule has 1 atom stereocenters. The molecule has 0 spiro atoms. The number of nitrogens with zero attached hydrogens (tertiary/aromatic N) is 6. The number of fused-ring (bicyclic) bond motifs is 2. The van der Waals surface area contributed by atoms with Gasteiger partial charge >= 0.3 is 5.97 Å². The Kier molecular flexibility index (Phi) is 9.65. The third kappa shape index (κ3) is 6.78. The number of esters is 1. The predicted octanol–water partition coefficient (Wildman–Crippen LogP) is 2.16. The summed E-state index contributed by atoms with van der Waals surface area (Å²) in [5.41, 5.74) is 0.908. The molecule has 15 heteroatoms. The number of sulfonamides is 1. The first-order valence-electron chi connectivity index (χ1n) is 15.4. The maximum absolute atomic E-state index is 14.1. The Morgan fingerprint density at radius 2 is 1.74 bits per heavy atom. The highest BCUT2D eigenvalue weighted by atomic mass is 35.5. The van der Waals surface area contributed by atoms with Crippen molar-refractivity contribution in [3.05, 3.63) is 57.0 Å². The van der Waals surface area contributed by atoms with Crippen LogP contribution in [-0.2, 0) is 37.3 Å². The summed E-state index contributed by atoms with van der Waals surface area (Å²) < 4.78 is 34.3. The van der Waals surface area contributed by atoms with Crippen molar-refractivity contribution in [3.63, 3.8) is 0 Å². The van der Waals surface area contributed by atoms with Gasteiger partial charge in [-0.25, -0.2) is 13.4 Å². The van der Waals surface area contributed by atoms with Crippen LogP contribution in [0.25, 0.3) is 10.8 Å². The van der Waals surface area contributed by atoms with E-state index >= 15 is 0 Å². The van der Waals surface area contributed by atoms with E-state index in [4.69, 9.17) is 16.3 Å². The lowest BCUT2D eigenvalue weighted by Gasteiger charge is -2.43. The Hall–Kier alpha value is -3.14. The molecule has 2 fully saturated rings. The fraction of sp³-hybridized carbons (Fsp3) is 0.484. The van der Waals surface area contributed by atoms with Gasteiger partial charge in [-0.3, -0.25) is 19.3 Å². The number of likely N-dealkylation sites (N-methyl/N-ethyl adjacent to an activating group) is 1. The topological polar surface area (TPSA) is 124 Å². The predicted molar refractivity (Wildman–Crippen MR) is 174 cm³/mol. The summed E-state index contributed by atoms with van der Waals surface area (Å²) in [6.07, 6.45) is 0.748. The largest absolute Gasteiger partial charge is 0.465 e. The van der Waals surface area contributed by atoms with Gasteiger partial charge in [0.15, 0.2) is 5.01 Å². The minimum absolute atomic E-state index is 0.0393. The van der Waals surface area contributed by atoms with E-state index in [1.165, 1.54) is 20.5 Å². The third-order valence-electron chi connectivity index (χ3n) is 8.75. The normalized spacial score (nSPS) is 20.1. The first-order chi connectivity index (χ1) is 22.0. The summed E-state index contributed by atoms with van der Waals surface area (Å²) in [6, 6.07) is 9.08. The number of halogens is 1. The zero-order valence-electron chi connectivity index (χ0n) is 25.9. The number of aromatic nitrogens is 1. The van der Waals surface area contributed by atoms with Crippen molar-refractivity contribution in [2.75, 3.05) is 72.6 Å². The molecule has 2 aromatic carbocycles. The number of hydrogen-bond donors (Lipinski definition) is 0. The summed E-state index contributed by atoms with van der Waals surface area (Å²) in [7, 11) is -1.97. The molecule has 12 nitrogen and oxygen atoms in total. The minimum atomic E-state index is -4.00. The van der Waals surface area contributed by atoms with Crippen molar-refractivity contribution in [1.82, 2.24) is 28.9 Å². The molecule has 1 unspecified atom stereocenters. The number of ether oxygens (including phenoxy) is 1. The molecule has 246 valence electrons. The van der Waals surface area contributed by atoms with Crippen molar-refractivity contribution in [2.45, 2.75) is 30.8 Å². The standard InChI is InChI=1S/C31H37ClN6O6S2/c1-3-44-28(39)20-35-10-12-36(13-11-35)30(40)26-18-37(46(42,43)24-7-5-21-16-23(32)6-4-22(21)17-24)14-15-38(26)31(41)29-33-25-8-9-34(2)19-27(25)45-29/h4-7,16-17,26H,3,8-15,18-20H2,1-2H3. The molecule has 2 saturated heterocycles. The average Bonchev–Trinajstić information content (AvgIpc) is 3.47. The quantitative estimate of drug-likeness (QED) is 0.344. The Balaban J connectivity index is 1.25. The lowest BCUT2D eigenvalue weighted by Crippen LogP contribution is -2.63. The minimum Gasteiger partial charge on any atom is -0.465 e. The van der Waals surface area contributed by atoms with Crippen LogP contribution in [0.2, 0.25) is 5.02 Å². The van der Waals surface area contributed by atoms with Crippen LogP contribution in [0.3, 0.4) is 0 Å². The van der Waals surface area contributed by atoms with Gasteiger partial charge in [-0.05, 0) is 49.0 Å². The summed E-state index contributed by atoms with van der Waals surface area (Å²) in [4.78, 5) is 53.2. The number of carbonyl (C=O) groups is 3. The van der Waals surface area contributed by atoms with Gasteiger partial charge in [0.2, 0.25) is 15.9 Å². The van der Waals surface area contributed by atoms with Crippen molar-refractivity contribution in [1.29, 1.82) is 0 Å². The van der Waals surface area contributed by atoms with Crippen LogP contribution in [-0.4, -0.2) is 134 Å². The van der Waals surface area contributed by atoms with E-state index < -0.39 is 16.1 Å². The van der Waals surface area contributed by atoms with Crippen molar-refractivity contribution < 1.29 is 27.5 Å². The van der Waals surface area contributed by atoms with Crippen molar-refractivity contribution in [2.24, 2.45) is 0 Å². The number of rotatable bonds is 7. The Morgan fingerprint density at radius 1 is 1.00 bits per heavy atom. The third-order valence-corrected chi connectivity index (χ3v) is 11.9. The highest BCUT2D eigenvalue weighted by Gasteiger charge is 2.43. The second-order valence-electron chi connectivity index (χ2n) is 11.8. The molecule has 46 heavy (non-hydrogen) atoms. The van der Waals surface area contributed by atoms with E-state index in [2.05, 4.69) is 9.88 Å². The molecule has 3 aliphatic heterocycles. The number of amides is 2. The van der Waals surface area contributed by atoms with E-state index in [1.807, 2.05) is 11.9 Å². The average molecular weight is 689 g/mol. The van der Waals surface area contributed by atoms with Crippen LogP contribution in [0.4, 0.5) is 0 Å². The molecule has 0 aliphatic carbocycles. The van der Waals surface area contributed by atoms with Gasteiger partial charge in [0, 0.05) is 75.2 Å². The fourth-order valence-corrected chi connectivity index (χ4v) is 9.00. The van der Waals surface area contributed by atoms with E-state index in [1.54, 1.807) is 48.2 Å². The zero-order chi connectivity index (χ0) is 32.6. The molecular formula is C31H37ClN6O6S2. The summed E-state index contributed by atoms with van der Waals surface area (Å²) in [6.45, 7) is 5.27. The van der Waals surface area contributed by atoms with Crippen LogP contribution >= 0.6 is 22.9 Å². The van der Waals surface area contributed by atoms with Gasteiger partial charge < -0.3 is 19.4 Å². The molecule has 1 aromatic heterocycles. The fourth-order valence-electron chi connectivity index (χ4n) is 6.20. The Labute approximate surface area is 277 Å². The first kappa shape index (κ1) is 32.8. The summed E-state index contributed by atoms with van der Waals surface area (Å²) >= 11 is 7.46. The second kappa shape index (κ2) is 13.5. The van der Waals surface area contributed by atoms with Crippen molar-refractivity contribution >= 4 is 61.5 Å². The lowest BCUT2D eigenvalue weighted by molar-refractivity contribution is -0.145. The molecule has 4 heterocycles. The van der Waals surface area contributed by atoms with Gasteiger partial charge in [-0.15, -0.1) is 11.3 Å². The van der Waals surface area contributed by atoms with Crippen molar-refractivity contribution in [3.8, 4) is 0 Å². The van der Waals surface area contributed by atoms with Crippen LogP contribution in [0.5, 0.6) is 0 Å². The molecule has 0 saturated carbocycles. The first-order valence-corrected chi connectivity index (χ1v) is 18.0. The van der Waals surface area contributed by atoms with Gasteiger partial charge in [-0.2, -0.15) is 4.31 Å². The van der Waals surface area contributed by atoms with Gasteiger partial charge in [-0.1, -0.05) is 23.7 Å². The maximum atomic E-state index is 14.1. The van der Waals surface area contributed by atoms with Gasteiger partial charge in [0.1, 0.15) is 6.04 Å². The molecular weight excluding hydrogens is 652 g/mol. The molecule has 6 rings (SSSR count).